The predicted molar refractivity (Wildman–Crippen MR) is 58.6 cm³/mol. The second-order valence-corrected chi connectivity index (χ2v) is 4.25. The van der Waals surface area contributed by atoms with E-state index in [1.54, 1.807) is 0 Å². The van der Waals surface area contributed by atoms with Gasteiger partial charge in [0.05, 0.1) is 5.92 Å². The summed E-state index contributed by atoms with van der Waals surface area (Å²) in [6, 6.07) is 0.0344. The van der Waals surface area contributed by atoms with Gasteiger partial charge in [-0.05, 0) is 21.0 Å². The molecule has 0 aliphatic heterocycles. The summed E-state index contributed by atoms with van der Waals surface area (Å²) in [5.74, 6) is 1.51. The molecule has 0 radical (unpaired) electrons. The fourth-order valence-corrected chi connectivity index (χ4v) is 1.10. The fraction of sp³-hybridized carbons (Fsp3) is 0.800. The van der Waals surface area contributed by atoms with Crippen molar-refractivity contribution in [3.05, 3.63) is 11.7 Å². The lowest BCUT2D eigenvalue weighted by Crippen LogP contribution is -2.22. The van der Waals surface area contributed by atoms with Crippen LogP contribution in [-0.4, -0.2) is 41.7 Å². The Morgan fingerprint density at radius 3 is 2.60 bits per heavy atom. The highest BCUT2D eigenvalue weighted by Crippen LogP contribution is 2.15. The quantitative estimate of drug-likeness (QED) is 0.775. The molecule has 0 saturated carbocycles. The summed E-state index contributed by atoms with van der Waals surface area (Å²) in [5.41, 5.74) is 5.76. The van der Waals surface area contributed by atoms with E-state index in [0.29, 0.717) is 5.89 Å². The smallest absolute Gasteiger partial charge is 0.231 e. The Morgan fingerprint density at radius 2 is 2.07 bits per heavy atom. The minimum atomic E-state index is 0.0344. The summed E-state index contributed by atoms with van der Waals surface area (Å²) in [6.45, 7) is 4.85. The van der Waals surface area contributed by atoms with E-state index in [0.717, 1.165) is 18.8 Å². The summed E-state index contributed by atoms with van der Waals surface area (Å²) in [5, 5.41) is 3.92. The monoisotopic (exact) mass is 212 g/mol. The maximum atomic E-state index is 5.76. The van der Waals surface area contributed by atoms with Crippen LogP contribution in [0.3, 0.4) is 0 Å². The van der Waals surface area contributed by atoms with Crippen LogP contribution in [0.5, 0.6) is 0 Å². The van der Waals surface area contributed by atoms with Crippen LogP contribution in [0, 0.1) is 0 Å². The number of aromatic nitrogens is 2. The van der Waals surface area contributed by atoms with E-state index in [1.807, 2.05) is 27.9 Å². The number of hydrogen-bond donors (Lipinski definition) is 1. The van der Waals surface area contributed by atoms with E-state index in [1.165, 1.54) is 0 Å². The van der Waals surface area contributed by atoms with Crippen molar-refractivity contribution in [3.8, 4) is 0 Å². The third-order valence-corrected chi connectivity index (χ3v) is 2.44. The molecule has 0 aromatic carbocycles. The lowest BCUT2D eigenvalue weighted by Gasteiger charge is -2.09. The van der Waals surface area contributed by atoms with Gasteiger partial charge in [0.25, 0.3) is 0 Å². The van der Waals surface area contributed by atoms with E-state index in [-0.39, 0.29) is 12.0 Å². The molecule has 2 N–H and O–H groups in total. The average molecular weight is 212 g/mol. The highest BCUT2D eigenvalue weighted by molar-refractivity contribution is 4.95. The number of rotatable bonds is 5. The Bertz CT molecular complexity index is 295. The van der Waals surface area contributed by atoms with Gasteiger partial charge in [0.1, 0.15) is 0 Å². The summed E-state index contributed by atoms with van der Waals surface area (Å²) < 4.78 is 5.16. The van der Waals surface area contributed by atoms with Gasteiger partial charge in [-0.25, -0.2) is 0 Å². The van der Waals surface area contributed by atoms with Crippen molar-refractivity contribution in [2.45, 2.75) is 32.2 Å². The Balaban J connectivity index is 2.56. The van der Waals surface area contributed by atoms with Crippen LogP contribution in [0.1, 0.15) is 31.5 Å². The molecule has 0 saturated heterocycles. The maximum Gasteiger partial charge on any atom is 0.231 e. The number of nitrogens with zero attached hydrogens (tertiary/aromatic N) is 3. The Kier molecular flexibility index (Phi) is 4.23. The molecular formula is C10H20N4O. The summed E-state index contributed by atoms with van der Waals surface area (Å²) in [4.78, 5) is 6.41. The summed E-state index contributed by atoms with van der Waals surface area (Å²) in [6.07, 6.45) is 0.808. The molecule has 15 heavy (non-hydrogen) atoms. The van der Waals surface area contributed by atoms with E-state index in [4.69, 9.17) is 10.3 Å². The van der Waals surface area contributed by atoms with Gasteiger partial charge < -0.3 is 15.2 Å². The first-order chi connectivity index (χ1) is 7.00. The minimum absolute atomic E-state index is 0.0344. The van der Waals surface area contributed by atoms with Crippen molar-refractivity contribution in [1.29, 1.82) is 0 Å². The molecule has 0 aliphatic rings. The molecule has 1 aromatic heterocycles. The van der Waals surface area contributed by atoms with Gasteiger partial charge in [-0.1, -0.05) is 12.1 Å². The molecule has 0 bridgehead atoms. The van der Waals surface area contributed by atoms with E-state index >= 15 is 0 Å². The van der Waals surface area contributed by atoms with Crippen LogP contribution >= 0.6 is 0 Å². The number of likely N-dealkylation sites (N-methyl/N-ethyl adjacent to an activating group) is 1. The van der Waals surface area contributed by atoms with Crippen molar-refractivity contribution in [1.82, 2.24) is 15.0 Å². The second-order valence-electron chi connectivity index (χ2n) is 4.25. The van der Waals surface area contributed by atoms with Gasteiger partial charge in [-0.15, -0.1) is 0 Å². The van der Waals surface area contributed by atoms with Crippen molar-refractivity contribution in [2.24, 2.45) is 5.73 Å². The molecule has 1 rings (SSSR count). The summed E-state index contributed by atoms with van der Waals surface area (Å²) >= 11 is 0. The van der Waals surface area contributed by atoms with Crippen LogP contribution in [0.15, 0.2) is 4.52 Å². The van der Waals surface area contributed by atoms with E-state index < -0.39 is 0 Å². The molecule has 0 aliphatic carbocycles. The number of nitrogens with two attached hydrogens (primary N) is 1. The van der Waals surface area contributed by atoms with Crippen LogP contribution in [-0.2, 0) is 6.42 Å². The molecule has 1 aromatic rings. The van der Waals surface area contributed by atoms with Crippen LogP contribution in [0.4, 0.5) is 0 Å². The van der Waals surface area contributed by atoms with Crippen molar-refractivity contribution in [2.75, 3.05) is 20.6 Å². The molecule has 2 unspecified atom stereocenters. The van der Waals surface area contributed by atoms with Gasteiger partial charge in [0, 0.05) is 19.0 Å². The molecular weight excluding hydrogens is 192 g/mol. The van der Waals surface area contributed by atoms with Gasteiger partial charge in [0.15, 0.2) is 5.82 Å². The van der Waals surface area contributed by atoms with Crippen molar-refractivity contribution in [3.63, 3.8) is 0 Å². The lowest BCUT2D eigenvalue weighted by molar-refractivity contribution is 0.340. The lowest BCUT2D eigenvalue weighted by atomic mass is 10.1. The number of hydrogen-bond acceptors (Lipinski definition) is 5. The Labute approximate surface area is 90.6 Å². The SMILES string of the molecule is CC(N)C(C)c1nc(CCN(C)C)no1. The molecule has 5 nitrogen and oxygen atoms in total. The first-order valence-electron chi connectivity index (χ1n) is 5.23. The molecule has 5 heteroatoms. The topological polar surface area (TPSA) is 68.2 Å². The van der Waals surface area contributed by atoms with Crippen LogP contribution in [0.2, 0.25) is 0 Å². The third kappa shape index (κ3) is 3.60. The fourth-order valence-electron chi connectivity index (χ4n) is 1.10. The highest BCUT2D eigenvalue weighted by atomic mass is 16.5. The zero-order valence-electron chi connectivity index (χ0n) is 9.90. The summed E-state index contributed by atoms with van der Waals surface area (Å²) in [7, 11) is 4.04. The standard InChI is InChI=1S/C10H20N4O/c1-7(8(2)11)10-12-9(13-15-10)5-6-14(3)4/h7-8H,5-6,11H2,1-4H3. The van der Waals surface area contributed by atoms with Gasteiger partial charge in [-0.3, -0.25) is 0 Å². The molecule has 2 atom stereocenters. The predicted octanol–water partition coefficient (Wildman–Crippen LogP) is 0.624. The van der Waals surface area contributed by atoms with E-state index in [9.17, 15) is 0 Å². The van der Waals surface area contributed by atoms with Gasteiger partial charge >= 0.3 is 0 Å². The third-order valence-electron chi connectivity index (χ3n) is 2.44. The van der Waals surface area contributed by atoms with Gasteiger partial charge in [-0.2, -0.15) is 4.98 Å². The van der Waals surface area contributed by atoms with Crippen LogP contribution in [0.25, 0.3) is 0 Å². The average Bonchev–Trinajstić information content (AvgIpc) is 2.61. The van der Waals surface area contributed by atoms with Crippen molar-refractivity contribution < 1.29 is 4.52 Å². The minimum Gasteiger partial charge on any atom is -0.339 e. The largest absolute Gasteiger partial charge is 0.339 e. The second kappa shape index (κ2) is 5.23. The highest BCUT2D eigenvalue weighted by Gasteiger charge is 2.17. The molecule has 0 amide bonds. The van der Waals surface area contributed by atoms with E-state index in [2.05, 4.69) is 15.0 Å². The molecule has 0 fully saturated rings. The maximum absolute atomic E-state index is 5.76. The first kappa shape index (κ1) is 12.1. The Morgan fingerprint density at radius 1 is 1.40 bits per heavy atom. The van der Waals surface area contributed by atoms with Gasteiger partial charge in [0.2, 0.25) is 5.89 Å². The molecule has 1 heterocycles. The zero-order chi connectivity index (χ0) is 11.4. The van der Waals surface area contributed by atoms with Crippen LogP contribution < -0.4 is 5.73 Å². The molecule has 0 spiro atoms. The normalized spacial score (nSPS) is 15.6. The first-order valence-corrected chi connectivity index (χ1v) is 5.23. The Hall–Kier alpha value is -0.940. The molecule has 86 valence electrons. The van der Waals surface area contributed by atoms with Crippen molar-refractivity contribution >= 4 is 0 Å². The zero-order valence-corrected chi connectivity index (χ0v) is 9.90.